The number of aliphatic hydroxyl groups is 1. The van der Waals surface area contributed by atoms with Gasteiger partial charge in [0.2, 0.25) is 6.41 Å². The summed E-state index contributed by atoms with van der Waals surface area (Å²) in [6, 6.07) is 11.7. The van der Waals surface area contributed by atoms with Crippen LogP contribution in [0.3, 0.4) is 0 Å². The number of carboxylic acids is 1. The average Bonchev–Trinajstić information content (AvgIpc) is 3.34. The molecule has 8 nitrogen and oxygen atoms in total. The summed E-state index contributed by atoms with van der Waals surface area (Å²) in [6.07, 6.45) is 3.41. The van der Waals surface area contributed by atoms with Gasteiger partial charge in [0.15, 0.2) is 0 Å². The van der Waals surface area contributed by atoms with Crippen molar-refractivity contribution in [2.45, 2.75) is 70.0 Å². The summed E-state index contributed by atoms with van der Waals surface area (Å²) in [5.74, 6) is -0.678. The fraction of sp³-hybridized carbons (Fsp3) is 0.414. The molecule has 1 atom stereocenters. The molecule has 0 bridgehead atoms. The number of para-hydroxylation sites is 1. The van der Waals surface area contributed by atoms with Crippen molar-refractivity contribution in [1.29, 1.82) is 0 Å². The van der Waals surface area contributed by atoms with E-state index in [0.29, 0.717) is 48.6 Å². The number of aromatic nitrogens is 2. The molecule has 1 aliphatic carbocycles. The molecule has 1 heterocycles. The molecular formula is C29H37N3O5Si. The molecule has 0 saturated carbocycles. The van der Waals surface area contributed by atoms with E-state index in [4.69, 9.17) is 4.74 Å². The van der Waals surface area contributed by atoms with E-state index in [0.717, 1.165) is 23.7 Å². The lowest BCUT2D eigenvalue weighted by Crippen LogP contribution is -2.39. The zero-order valence-electron chi connectivity index (χ0n) is 22.7. The van der Waals surface area contributed by atoms with E-state index >= 15 is 0 Å². The molecule has 0 fully saturated rings. The van der Waals surface area contributed by atoms with Gasteiger partial charge in [0.25, 0.3) is 0 Å². The van der Waals surface area contributed by atoms with Gasteiger partial charge in [-0.25, -0.2) is 9.78 Å². The van der Waals surface area contributed by atoms with Crippen LogP contribution in [0.1, 0.15) is 59.7 Å². The van der Waals surface area contributed by atoms with Crippen molar-refractivity contribution in [3.05, 3.63) is 70.8 Å². The SMILES string of the molecule is CC1(C)CCC(O)(c2ncc(COCC[Si](C)(C)C)[nH]2)c2cc(-c3cccc(C(=O)O)c3NC=O)ccc21. The number of amides is 1. The fourth-order valence-corrected chi connectivity index (χ4v) is 5.80. The van der Waals surface area contributed by atoms with Gasteiger partial charge < -0.3 is 25.3 Å². The Balaban J connectivity index is 1.73. The van der Waals surface area contributed by atoms with E-state index in [2.05, 4.69) is 48.8 Å². The molecule has 38 heavy (non-hydrogen) atoms. The molecule has 1 aliphatic rings. The Morgan fingerprint density at radius 2 is 1.95 bits per heavy atom. The first kappa shape index (κ1) is 27.8. The summed E-state index contributed by atoms with van der Waals surface area (Å²) in [6.45, 7) is 12.3. The Labute approximate surface area is 224 Å². The largest absolute Gasteiger partial charge is 0.478 e. The van der Waals surface area contributed by atoms with Gasteiger partial charge in [0, 0.05) is 20.2 Å². The first-order chi connectivity index (χ1) is 17.9. The molecule has 2 aromatic carbocycles. The molecule has 1 unspecified atom stereocenters. The van der Waals surface area contributed by atoms with Gasteiger partial charge in [-0.3, -0.25) is 4.79 Å². The van der Waals surface area contributed by atoms with Gasteiger partial charge >= 0.3 is 5.97 Å². The van der Waals surface area contributed by atoms with Crippen LogP contribution in [0.25, 0.3) is 11.1 Å². The number of hydrogen-bond acceptors (Lipinski definition) is 5. The quantitative estimate of drug-likeness (QED) is 0.154. The number of carbonyl (C=O) groups is 2. The monoisotopic (exact) mass is 535 g/mol. The van der Waals surface area contributed by atoms with Crippen molar-refractivity contribution in [1.82, 2.24) is 9.97 Å². The lowest BCUT2D eigenvalue weighted by molar-refractivity contribution is -0.105. The van der Waals surface area contributed by atoms with Crippen LogP contribution in [-0.2, 0) is 27.2 Å². The number of aromatic amines is 1. The van der Waals surface area contributed by atoms with Crippen molar-refractivity contribution < 1.29 is 24.5 Å². The van der Waals surface area contributed by atoms with Crippen LogP contribution in [0.15, 0.2) is 42.6 Å². The fourth-order valence-electron chi connectivity index (χ4n) is 5.04. The zero-order chi connectivity index (χ0) is 27.7. The molecule has 4 rings (SSSR count). The number of imidazole rings is 1. The molecule has 3 aromatic rings. The Bertz CT molecular complexity index is 1340. The summed E-state index contributed by atoms with van der Waals surface area (Å²) < 4.78 is 5.87. The number of H-pyrrole nitrogens is 1. The maximum atomic E-state index is 12.1. The summed E-state index contributed by atoms with van der Waals surface area (Å²) in [5.41, 5.74) is 2.43. The third kappa shape index (κ3) is 5.60. The highest BCUT2D eigenvalue weighted by atomic mass is 28.3. The summed E-state index contributed by atoms with van der Waals surface area (Å²) in [7, 11) is -1.18. The summed E-state index contributed by atoms with van der Waals surface area (Å²) in [5, 5.41) is 24.3. The third-order valence-corrected chi connectivity index (χ3v) is 9.09. The predicted molar refractivity (Wildman–Crippen MR) is 150 cm³/mol. The second kappa shape index (κ2) is 10.5. The van der Waals surface area contributed by atoms with Gasteiger partial charge in [0.05, 0.1) is 29.7 Å². The highest BCUT2D eigenvalue weighted by Gasteiger charge is 2.44. The van der Waals surface area contributed by atoms with E-state index in [9.17, 15) is 19.8 Å². The summed E-state index contributed by atoms with van der Waals surface area (Å²) in [4.78, 5) is 31.0. The van der Waals surface area contributed by atoms with Crippen LogP contribution in [-0.4, -0.2) is 47.2 Å². The number of ether oxygens (including phenoxy) is 1. The molecule has 9 heteroatoms. The van der Waals surface area contributed by atoms with E-state index in [-0.39, 0.29) is 16.7 Å². The van der Waals surface area contributed by atoms with Crippen molar-refractivity contribution >= 4 is 26.1 Å². The van der Waals surface area contributed by atoms with E-state index in [1.54, 1.807) is 18.3 Å². The number of benzene rings is 2. The Hall–Kier alpha value is -3.27. The highest BCUT2D eigenvalue weighted by molar-refractivity contribution is 6.76. The number of hydrogen-bond donors (Lipinski definition) is 4. The van der Waals surface area contributed by atoms with Gasteiger partial charge in [-0.15, -0.1) is 0 Å². The van der Waals surface area contributed by atoms with Crippen LogP contribution in [0.4, 0.5) is 5.69 Å². The van der Waals surface area contributed by atoms with Crippen LogP contribution >= 0.6 is 0 Å². The molecule has 202 valence electrons. The van der Waals surface area contributed by atoms with Crippen molar-refractivity contribution in [3.63, 3.8) is 0 Å². The van der Waals surface area contributed by atoms with Crippen LogP contribution in [0, 0.1) is 0 Å². The van der Waals surface area contributed by atoms with E-state index < -0.39 is 19.6 Å². The van der Waals surface area contributed by atoms with Crippen LogP contribution in [0.2, 0.25) is 25.7 Å². The smallest absolute Gasteiger partial charge is 0.337 e. The lowest BCUT2D eigenvalue weighted by Gasteiger charge is -2.41. The predicted octanol–water partition coefficient (Wildman–Crippen LogP) is 5.51. The van der Waals surface area contributed by atoms with Crippen molar-refractivity contribution in [3.8, 4) is 11.1 Å². The van der Waals surface area contributed by atoms with Crippen LogP contribution in [0.5, 0.6) is 0 Å². The molecule has 0 spiro atoms. The first-order valence-corrected chi connectivity index (χ1v) is 16.6. The van der Waals surface area contributed by atoms with E-state index in [1.165, 1.54) is 6.07 Å². The Kier molecular flexibility index (Phi) is 7.65. The number of anilines is 1. The minimum absolute atomic E-state index is 0.00674. The summed E-state index contributed by atoms with van der Waals surface area (Å²) >= 11 is 0. The number of nitrogens with one attached hydrogen (secondary N) is 2. The standard InChI is InChI=1S/C29H37N3O5Si/c1-28(2)11-12-29(36,27-30-16-20(32-27)17-37-13-14-38(3,4)5)24-15-19(9-10-23(24)28)21-7-6-8-22(26(34)35)25(21)31-18-33/h6-10,15-16,18,36H,11-14,17H2,1-5H3,(H,30,32)(H,31,33)(H,34,35). The normalized spacial score (nSPS) is 18.6. The molecule has 4 N–H and O–H groups in total. The molecule has 1 amide bonds. The molecular weight excluding hydrogens is 498 g/mol. The highest BCUT2D eigenvalue weighted by Crippen LogP contribution is 2.48. The number of nitrogens with zero attached hydrogens (tertiary/aromatic N) is 1. The topological polar surface area (TPSA) is 125 Å². The van der Waals surface area contributed by atoms with E-state index in [1.807, 2.05) is 18.2 Å². The first-order valence-electron chi connectivity index (χ1n) is 12.9. The number of fused-ring (bicyclic) bond motifs is 1. The molecule has 0 aliphatic heterocycles. The number of carboxylic acid groups (broad SMARTS) is 1. The Morgan fingerprint density at radius 3 is 2.63 bits per heavy atom. The zero-order valence-corrected chi connectivity index (χ0v) is 23.7. The van der Waals surface area contributed by atoms with Gasteiger partial charge in [-0.1, -0.05) is 57.8 Å². The number of rotatable bonds is 10. The Morgan fingerprint density at radius 1 is 1.18 bits per heavy atom. The minimum atomic E-state index is -1.36. The van der Waals surface area contributed by atoms with Gasteiger partial charge in [0.1, 0.15) is 11.4 Å². The van der Waals surface area contributed by atoms with Gasteiger partial charge in [-0.2, -0.15) is 0 Å². The third-order valence-electron chi connectivity index (χ3n) is 7.39. The minimum Gasteiger partial charge on any atom is -0.478 e. The second-order valence-electron chi connectivity index (χ2n) is 11.9. The second-order valence-corrected chi connectivity index (χ2v) is 17.5. The molecule has 1 aromatic heterocycles. The maximum absolute atomic E-state index is 12.1. The van der Waals surface area contributed by atoms with Crippen LogP contribution < -0.4 is 5.32 Å². The lowest BCUT2D eigenvalue weighted by atomic mass is 9.66. The molecule has 0 radical (unpaired) electrons. The number of aromatic carboxylic acids is 1. The van der Waals surface area contributed by atoms with Crippen molar-refractivity contribution in [2.75, 3.05) is 11.9 Å². The van der Waals surface area contributed by atoms with Crippen molar-refractivity contribution in [2.24, 2.45) is 0 Å². The maximum Gasteiger partial charge on any atom is 0.337 e. The average molecular weight is 536 g/mol. The molecule has 0 saturated heterocycles. The van der Waals surface area contributed by atoms with Gasteiger partial charge in [-0.05, 0) is 53.1 Å². The number of carbonyl (C=O) groups excluding carboxylic acids is 1.